The Balaban J connectivity index is 0.000000217. The molecule has 0 N–H and O–H groups in total. The first-order chi connectivity index (χ1) is 49.5. The first kappa shape index (κ1) is 87.1. The van der Waals surface area contributed by atoms with E-state index in [1.54, 1.807) is 14.2 Å². The highest BCUT2D eigenvalue weighted by molar-refractivity contribution is 9.10. The van der Waals surface area contributed by atoms with E-state index >= 15 is 0 Å². The van der Waals surface area contributed by atoms with Gasteiger partial charge in [0.05, 0.1) is 30.3 Å². The molecule has 4 nitrogen and oxygen atoms in total. The number of hydrogen-bond acceptors (Lipinski definition) is 4. The molecule has 2 fully saturated rings. The predicted octanol–water partition coefficient (Wildman–Crippen LogP) is 29.7. The SMILES string of the molecule is CC(C)CCc1ccc(-c2ccccc2)cc1.CC(C)CCc1ccc(Oc2ccccc2)cc1.CC(C)[C@@H]1C[C@@H]1c1ccccc1.CC(C)[C@H]1C[C@H]1c1ccccc1.CCCOc1ccc(CCC(C)C)cc1Cl.COc1ccc(Br)cc1CCC(C)C.COc1ccc(CCC(C)C)cc1Br. The van der Waals surface area contributed by atoms with Crippen molar-refractivity contribution in [2.75, 3.05) is 20.8 Å². The molecule has 2 aliphatic carbocycles. The number of methoxy groups -OCH3 is 2. The lowest BCUT2D eigenvalue weighted by Gasteiger charge is -2.10. The molecule has 0 unspecified atom stereocenters. The van der Waals surface area contributed by atoms with Gasteiger partial charge in [-0.2, -0.15) is 0 Å². The van der Waals surface area contributed by atoms with Crippen molar-refractivity contribution in [3.63, 3.8) is 0 Å². The van der Waals surface area contributed by atoms with Crippen LogP contribution < -0.4 is 18.9 Å². The molecule has 0 aromatic heterocycles. The summed E-state index contributed by atoms with van der Waals surface area (Å²) in [7, 11) is 3.41. The first-order valence-corrected chi connectivity index (χ1v) is 40.5. The largest absolute Gasteiger partial charge is 0.496 e. The number of hydrogen-bond donors (Lipinski definition) is 0. The molecule has 9 aromatic carbocycles. The first-order valence-electron chi connectivity index (χ1n) is 38.6. The van der Waals surface area contributed by atoms with E-state index in [9.17, 15) is 0 Å². The minimum absolute atomic E-state index is 0.727. The lowest BCUT2D eigenvalue weighted by Crippen LogP contribution is -1.97. The van der Waals surface area contributed by atoms with Crippen LogP contribution in [0.15, 0.2) is 233 Å². The molecule has 0 radical (unpaired) electrons. The van der Waals surface area contributed by atoms with Crippen LogP contribution in [0.3, 0.4) is 0 Å². The van der Waals surface area contributed by atoms with Crippen LogP contribution in [-0.4, -0.2) is 20.8 Å². The quantitative estimate of drug-likeness (QED) is 0.0514. The highest BCUT2D eigenvalue weighted by Crippen LogP contribution is 2.52. The topological polar surface area (TPSA) is 36.9 Å². The molecule has 0 aliphatic heterocycles. The van der Waals surface area contributed by atoms with E-state index in [2.05, 4.69) is 287 Å². The van der Waals surface area contributed by atoms with Gasteiger partial charge in [-0.1, -0.05) is 289 Å². The van der Waals surface area contributed by atoms with Crippen molar-refractivity contribution in [2.45, 2.75) is 199 Å². The van der Waals surface area contributed by atoms with Gasteiger partial charge in [0.25, 0.3) is 0 Å². The summed E-state index contributed by atoms with van der Waals surface area (Å²) in [4.78, 5) is 0. The van der Waals surface area contributed by atoms with Gasteiger partial charge >= 0.3 is 0 Å². The van der Waals surface area contributed by atoms with Crippen molar-refractivity contribution in [3.8, 4) is 39.9 Å². The van der Waals surface area contributed by atoms with Gasteiger partial charge in [0.15, 0.2) is 0 Å². The van der Waals surface area contributed by atoms with Crippen LogP contribution in [0.25, 0.3) is 11.1 Å². The van der Waals surface area contributed by atoms with Crippen molar-refractivity contribution in [3.05, 3.63) is 277 Å². The highest BCUT2D eigenvalue weighted by Gasteiger charge is 2.40. The van der Waals surface area contributed by atoms with Crippen molar-refractivity contribution in [1.82, 2.24) is 0 Å². The van der Waals surface area contributed by atoms with E-state index in [1.807, 2.05) is 72.8 Å². The average Bonchev–Trinajstić information content (AvgIpc) is 1.66. The molecule has 7 heteroatoms. The summed E-state index contributed by atoms with van der Waals surface area (Å²) in [5.41, 5.74) is 12.4. The van der Waals surface area contributed by atoms with Crippen molar-refractivity contribution in [2.24, 2.45) is 53.3 Å². The number of ether oxygens (including phenoxy) is 4. The second kappa shape index (κ2) is 48.5. The van der Waals surface area contributed by atoms with Gasteiger partial charge in [0, 0.05) is 4.47 Å². The molecule has 0 bridgehead atoms. The standard InChI is InChI=1S/C17H20O.C17H20.C14H21ClO.2C12H17BrO.2C12H16/c1-14(2)8-9-15-10-12-17(13-11-15)18-16-6-4-3-5-7-16;1-14(2)8-9-15-10-12-17(13-11-15)16-6-4-3-5-7-16;1-4-9-16-14-8-7-12(10-13(14)15)6-5-11(2)3;1-9(2)4-5-10-8-11(13)6-7-12(10)14-3;1-9(2)4-5-10-6-7-12(14-3)11(13)8-10;2*1-9(2)11-8-12(11)10-6-4-3-5-7-10/h3-7,10-14H,8-9H2,1-2H3;3-7,10-14H,8-9H2,1-2H3;7-8,10-11H,4-6,9H2,1-3H3;2*6-9H,4-5H2,1-3H3;2*3-7,9,11-12H,8H2,1-2H3/t;;;;;2*11-,12+/m.....10/s1. The Kier molecular flexibility index (Phi) is 41.0. The highest BCUT2D eigenvalue weighted by atomic mass is 79.9. The molecule has 11 rings (SSSR count). The van der Waals surface area contributed by atoms with Gasteiger partial charge in [-0.05, 0) is 281 Å². The van der Waals surface area contributed by atoms with Crippen molar-refractivity contribution < 1.29 is 18.9 Å². The molecular weight excluding hydrogens is 1410 g/mol. The smallest absolute Gasteiger partial charge is 0.137 e. The van der Waals surface area contributed by atoms with Crippen LogP contribution in [0.1, 0.15) is 206 Å². The van der Waals surface area contributed by atoms with Gasteiger partial charge in [0.2, 0.25) is 0 Å². The van der Waals surface area contributed by atoms with E-state index < -0.39 is 0 Å². The van der Waals surface area contributed by atoms with Crippen LogP contribution in [0.5, 0.6) is 28.7 Å². The maximum atomic E-state index is 6.16. The Hall–Kier alpha value is -6.57. The monoisotopic (exact) mass is 1540 g/mol. The minimum Gasteiger partial charge on any atom is -0.496 e. The Bertz CT molecular complexity index is 3610. The van der Waals surface area contributed by atoms with Gasteiger partial charge in [-0.3, -0.25) is 0 Å². The zero-order chi connectivity index (χ0) is 75.1. The van der Waals surface area contributed by atoms with Gasteiger partial charge in [-0.25, -0.2) is 0 Å². The Labute approximate surface area is 648 Å². The van der Waals surface area contributed by atoms with Crippen molar-refractivity contribution >= 4 is 43.5 Å². The van der Waals surface area contributed by atoms with E-state index in [1.165, 1.54) is 101 Å². The van der Waals surface area contributed by atoms with Crippen LogP contribution in [0.4, 0.5) is 0 Å². The molecule has 4 atom stereocenters. The maximum Gasteiger partial charge on any atom is 0.137 e. The summed E-state index contributed by atoms with van der Waals surface area (Å²) < 4.78 is 23.9. The lowest BCUT2D eigenvalue weighted by molar-refractivity contribution is 0.317. The minimum atomic E-state index is 0.727. The van der Waals surface area contributed by atoms with Gasteiger partial charge in [-0.15, -0.1) is 0 Å². The average molecular weight is 1540 g/mol. The molecular formula is C96H127Br2ClO4. The second-order valence-electron chi connectivity index (χ2n) is 30.6. The van der Waals surface area contributed by atoms with Crippen LogP contribution >= 0.6 is 43.5 Å². The zero-order valence-electron chi connectivity index (χ0n) is 65.9. The Morgan fingerprint density at radius 3 is 1.16 bits per heavy atom. The normalized spacial score (nSPS) is 14.6. The zero-order valence-corrected chi connectivity index (χ0v) is 69.8. The van der Waals surface area contributed by atoms with Crippen molar-refractivity contribution in [1.29, 1.82) is 0 Å². The molecule has 2 saturated carbocycles. The number of aryl methyl sites for hydroxylation is 5. The predicted molar refractivity (Wildman–Crippen MR) is 454 cm³/mol. The van der Waals surface area contributed by atoms with E-state index in [-0.39, 0.29) is 0 Å². The third-order valence-electron chi connectivity index (χ3n) is 18.8. The molecule has 9 aromatic rings. The molecule has 0 saturated heterocycles. The summed E-state index contributed by atoms with van der Waals surface area (Å²) in [6.07, 6.45) is 15.6. The molecule has 2 aliphatic rings. The second-order valence-corrected chi connectivity index (χ2v) is 32.8. The summed E-state index contributed by atoms with van der Waals surface area (Å²) in [5, 5.41) is 0.731. The fourth-order valence-corrected chi connectivity index (χ4v) is 13.3. The molecule has 556 valence electrons. The lowest BCUT2D eigenvalue weighted by atomic mass is 9.99. The number of benzene rings is 9. The van der Waals surface area contributed by atoms with E-state index in [4.69, 9.17) is 30.5 Å². The van der Waals surface area contributed by atoms with Gasteiger partial charge in [0.1, 0.15) is 28.7 Å². The Morgan fingerprint density at radius 1 is 0.379 bits per heavy atom. The Morgan fingerprint density at radius 2 is 0.748 bits per heavy atom. The number of para-hydroxylation sites is 1. The number of halogens is 3. The van der Waals surface area contributed by atoms with Crippen LogP contribution in [0, 0.1) is 53.3 Å². The maximum absolute atomic E-state index is 6.16. The summed E-state index contributed by atoms with van der Waals surface area (Å²) in [5.74, 6) is 13.6. The third-order valence-corrected chi connectivity index (χ3v) is 20.2. The van der Waals surface area contributed by atoms with E-state index in [0.717, 1.165) is 147 Å². The number of rotatable bonds is 27. The summed E-state index contributed by atoms with van der Waals surface area (Å²) >= 11 is 13.1. The molecule has 0 spiro atoms. The van der Waals surface area contributed by atoms with Crippen LogP contribution in [0.2, 0.25) is 5.02 Å². The van der Waals surface area contributed by atoms with Crippen LogP contribution in [-0.2, 0) is 32.1 Å². The molecule has 0 heterocycles. The van der Waals surface area contributed by atoms with Gasteiger partial charge < -0.3 is 18.9 Å². The van der Waals surface area contributed by atoms with E-state index in [0.29, 0.717) is 0 Å². The fourth-order valence-electron chi connectivity index (χ4n) is 12.0. The summed E-state index contributed by atoms with van der Waals surface area (Å²) in [6.45, 7) is 34.6. The third kappa shape index (κ3) is 35.4. The molecule has 0 amide bonds. The summed E-state index contributed by atoms with van der Waals surface area (Å²) in [6, 6.07) is 78.1. The fraction of sp³-hybridized carbons (Fsp3) is 0.438. The molecule has 103 heavy (non-hydrogen) atoms.